The predicted octanol–water partition coefficient (Wildman–Crippen LogP) is 3.79. The Morgan fingerprint density at radius 2 is 1.06 bits per heavy atom. The summed E-state index contributed by atoms with van der Waals surface area (Å²) in [4.78, 5) is 55.7. The van der Waals surface area contributed by atoms with Gasteiger partial charge in [-0.05, 0) is 51.9 Å². The molecule has 0 spiro atoms. The van der Waals surface area contributed by atoms with Crippen LogP contribution in [0, 0.1) is 11.8 Å². The number of hydroxylamine groups is 1. The molecule has 0 saturated carbocycles. The van der Waals surface area contributed by atoms with Crippen molar-refractivity contribution in [3.8, 4) is 0 Å². The fourth-order valence-electron chi connectivity index (χ4n) is 4.82. The molecule has 0 aliphatic heterocycles. The molecule has 0 unspecified atom stereocenters. The normalized spacial score (nSPS) is 13.0. The highest BCUT2D eigenvalue weighted by Crippen LogP contribution is 2.12. The van der Waals surface area contributed by atoms with Crippen LogP contribution in [0.15, 0.2) is 0 Å². The van der Waals surface area contributed by atoms with E-state index < -0.39 is 6.04 Å². The summed E-state index contributed by atoms with van der Waals surface area (Å²) in [6, 6.07) is -0.747. The van der Waals surface area contributed by atoms with E-state index in [2.05, 4.69) is 40.6 Å². The molecular formula is C36H71N5O8. The molecule has 288 valence electrons. The molecule has 3 atom stereocenters. The lowest BCUT2D eigenvalue weighted by Gasteiger charge is -2.21. The summed E-state index contributed by atoms with van der Waals surface area (Å²) in [6.45, 7) is 15.2. The topological polar surface area (TPSA) is 165 Å². The van der Waals surface area contributed by atoms with Crippen LogP contribution >= 0.6 is 0 Å². The van der Waals surface area contributed by atoms with Crippen LogP contribution in [-0.4, -0.2) is 102 Å². The molecule has 0 aromatic rings. The molecule has 0 heterocycles. The summed E-state index contributed by atoms with van der Waals surface area (Å²) in [5.41, 5.74) is 2.84. The second kappa shape index (κ2) is 34.1. The summed E-state index contributed by atoms with van der Waals surface area (Å²) in [6.07, 6.45) is 11.3. The zero-order valence-corrected chi connectivity index (χ0v) is 31.5. The third kappa shape index (κ3) is 29.1. The highest BCUT2D eigenvalue weighted by molar-refractivity contribution is 5.90. The smallest absolute Gasteiger partial charge is 0.243 e. The van der Waals surface area contributed by atoms with Crippen molar-refractivity contribution in [1.82, 2.24) is 26.7 Å². The minimum Gasteiger partial charge on any atom is -0.379 e. The molecule has 0 rings (SSSR count). The maximum atomic E-state index is 13.1. The van der Waals surface area contributed by atoms with Crippen LogP contribution in [0.2, 0.25) is 0 Å². The largest absolute Gasteiger partial charge is 0.379 e. The van der Waals surface area contributed by atoms with Crippen molar-refractivity contribution >= 4 is 23.6 Å². The van der Waals surface area contributed by atoms with Crippen LogP contribution in [0.4, 0.5) is 0 Å². The van der Waals surface area contributed by atoms with Crippen LogP contribution < -0.4 is 26.7 Å². The molecule has 0 bridgehead atoms. The lowest BCUT2D eigenvalue weighted by atomic mass is 10.0. The summed E-state index contributed by atoms with van der Waals surface area (Å²) < 4.78 is 16.5. The monoisotopic (exact) mass is 702 g/mol. The Bertz CT molecular complexity index is 835. The molecule has 49 heavy (non-hydrogen) atoms. The van der Waals surface area contributed by atoms with E-state index in [1.807, 2.05) is 20.8 Å². The average Bonchev–Trinajstić information content (AvgIpc) is 3.09. The van der Waals surface area contributed by atoms with Gasteiger partial charge in [-0.3, -0.25) is 19.2 Å². The maximum absolute atomic E-state index is 13.1. The van der Waals surface area contributed by atoms with E-state index in [1.54, 1.807) is 0 Å². The molecule has 0 aliphatic carbocycles. The SMILES string of the molecule is CCCCC[C@H](C)C(=O)NCCCC[C@H](NC(=O)[C@@H](C)CCCCC)C(=O)NCC(=O)NCCCOCCOCCOCCCNOCC. The predicted molar refractivity (Wildman–Crippen MR) is 193 cm³/mol. The van der Waals surface area contributed by atoms with Crippen LogP contribution in [0.1, 0.15) is 118 Å². The van der Waals surface area contributed by atoms with Gasteiger partial charge in [0.05, 0.1) is 39.6 Å². The number of hydrogen-bond donors (Lipinski definition) is 5. The first kappa shape index (κ1) is 46.7. The molecule has 0 radical (unpaired) electrons. The van der Waals surface area contributed by atoms with Crippen molar-refractivity contribution in [2.45, 2.75) is 124 Å². The number of carbonyl (C=O) groups is 4. The first-order valence-electron chi connectivity index (χ1n) is 19.0. The van der Waals surface area contributed by atoms with Crippen molar-refractivity contribution in [2.24, 2.45) is 11.8 Å². The third-order valence-corrected chi connectivity index (χ3v) is 8.00. The zero-order chi connectivity index (χ0) is 36.4. The van der Waals surface area contributed by atoms with Crippen molar-refractivity contribution in [3.05, 3.63) is 0 Å². The van der Waals surface area contributed by atoms with E-state index in [0.717, 1.165) is 64.3 Å². The Hall–Kier alpha value is -2.32. The summed E-state index contributed by atoms with van der Waals surface area (Å²) in [5.74, 6) is -1.01. The lowest BCUT2D eigenvalue weighted by molar-refractivity contribution is -0.132. The Labute approximate surface area is 296 Å². The lowest BCUT2D eigenvalue weighted by Crippen LogP contribution is -2.50. The summed E-state index contributed by atoms with van der Waals surface area (Å²) >= 11 is 0. The van der Waals surface area contributed by atoms with Gasteiger partial charge in [0.2, 0.25) is 23.6 Å². The van der Waals surface area contributed by atoms with Gasteiger partial charge in [-0.15, -0.1) is 0 Å². The fourth-order valence-corrected chi connectivity index (χ4v) is 4.82. The molecule has 13 heteroatoms. The van der Waals surface area contributed by atoms with Crippen LogP contribution in [0.5, 0.6) is 0 Å². The second-order valence-electron chi connectivity index (χ2n) is 12.6. The number of nitrogens with one attached hydrogen (secondary N) is 5. The number of rotatable bonds is 35. The van der Waals surface area contributed by atoms with Gasteiger partial charge in [-0.2, -0.15) is 0 Å². The number of amides is 4. The van der Waals surface area contributed by atoms with E-state index in [1.165, 1.54) is 0 Å². The van der Waals surface area contributed by atoms with Crippen LogP contribution in [0.25, 0.3) is 0 Å². The zero-order valence-electron chi connectivity index (χ0n) is 31.5. The number of hydrogen-bond acceptors (Lipinski definition) is 9. The van der Waals surface area contributed by atoms with Gasteiger partial charge in [0.15, 0.2) is 0 Å². The molecule has 0 saturated heterocycles. The van der Waals surface area contributed by atoms with E-state index in [9.17, 15) is 19.2 Å². The summed E-state index contributed by atoms with van der Waals surface area (Å²) in [5, 5.41) is 11.4. The van der Waals surface area contributed by atoms with Crippen molar-refractivity contribution in [3.63, 3.8) is 0 Å². The van der Waals surface area contributed by atoms with Crippen molar-refractivity contribution in [1.29, 1.82) is 0 Å². The Kier molecular flexibility index (Phi) is 32.5. The molecule has 5 N–H and O–H groups in total. The molecule has 13 nitrogen and oxygen atoms in total. The molecule has 0 aromatic carbocycles. The number of unbranched alkanes of at least 4 members (excludes halogenated alkanes) is 5. The Balaban J connectivity index is 4.32. The Morgan fingerprint density at radius 3 is 1.65 bits per heavy atom. The minimum absolute atomic E-state index is 0.0160. The van der Waals surface area contributed by atoms with Gasteiger partial charge >= 0.3 is 0 Å². The van der Waals surface area contributed by atoms with E-state index in [-0.39, 0.29) is 42.0 Å². The highest BCUT2D eigenvalue weighted by Gasteiger charge is 2.23. The number of carbonyl (C=O) groups excluding carboxylic acids is 4. The van der Waals surface area contributed by atoms with Gasteiger partial charge in [0, 0.05) is 44.7 Å². The maximum Gasteiger partial charge on any atom is 0.243 e. The van der Waals surface area contributed by atoms with Gasteiger partial charge in [0.1, 0.15) is 6.04 Å². The van der Waals surface area contributed by atoms with Crippen molar-refractivity contribution in [2.75, 3.05) is 72.4 Å². The van der Waals surface area contributed by atoms with E-state index in [0.29, 0.717) is 85.0 Å². The molecule has 0 aliphatic rings. The van der Waals surface area contributed by atoms with E-state index >= 15 is 0 Å². The highest BCUT2D eigenvalue weighted by atomic mass is 16.6. The quantitative estimate of drug-likeness (QED) is 0.0489. The number of ether oxygens (including phenoxy) is 3. The van der Waals surface area contributed by atoms with Crippen molar-refractivity contribution < 1.29 is 38.2 Å². The fraction of sp³-hybridized carbons (Fsp3) is 0.889. The molecule has 0 aromatic heterocycles. The standard InChI is InChI=1S/C36H71N5O8/c1-6-9-11-17-30(4)34(43)38-20-14-13-19-32(41-35(44)31(5)18-12-10-7-2)36(45)39-29-33(42)37-21-15-23-46-25-27-48-28-26-47-24-16-22-40-49-8-3/h30-32,40H,6-29H2,1-5H3,(H,37,42)(H,38,43)(H,39,45)(H,41,44)/t30-,31-,32-/m0/s1. The van der Waals surface area contributed by atoms with Gasteiger partial charge in [-0.25, -0.2) is 5.48 Å². The summed E-state index contributed by atoms with van der Waals surface area (Å²) in [7, 11) is 0. The van der Waals surface area contributed by atoms with Crippen LogP contribution in [0.3, 0.4) is 0 Å². The molecular weight excluding hydrogens is 630 g/mol. The van der Waals surface area contributed by atoms with Gasteiger partial charge in [0.25, 0.3) is 0 Å². The minimum atomic E-state index is -0.747. The molecule has 4 amide bonds. The average molecular weight is 702 g/mol. The Morgan fingerprint density at radius 1 is 0.531 bits per heavy atom. The van der Waals surface area contributed by atoms with Crippen LogP contribution in [-0.2, 0) is 38.2 Å². The van der Waals surface area contributed by atoms with E-state index in [4.69, 9.17) is 19.0 Å². The third-order valence-electron chi connectivity index (χ3n) is 8.00. The first-order valence-corrected chi connectivity index (χ1v) is 19.0. The van der Waals surface area contributed by atoms with Gasteiger partial charge < -0.3 is 40.3 Å². The second-order valence-corrected chi connectivity index (χ2v) is 12.6. The molecule has 0 fully saturated rings. The van der Waals surface area contributed by atoms with Gasteiger partial charge in [-0.1, -0.05) is 66.2 Å². The first-order chi connectivity index (χ1) is 23.8.